The third kappa shape index (κ3) is 1.77. The van der Waals surface area contributed by atoms with Crippen LogP contribution in [0.15, 0.2) is 0 Å². The second kappa shape index (κ2) is 3.30. The van der Waals surface area contributed by atoms with E-state index >= 15 is 0 Å². The van der Waals surface area contributed by atoms with Crippen molar-refractivity contribution in [3.05, 3.63) is 0 Å². The molecule has 3 heteroatoms. The van der Waals surface area contributed by atoms with Crippen LogP contribution in [0.1, 0.15) is 19.8 Å². The van der Waals surface area contributed by atoms with Gasteiger partial charge in [0.15, 0.2) is 0 Å². The molecule has 0 spiro atoms. The van der Waals surface area contributed by atoms with E-state index in [1.54, 1.807) is 0 Å². The molecule has 1 N–H and O–H groups in total. The SMILES string of the molecule is C[C@H]1CN(C(=S)C2CC2)CCN1. The zero-order valence-electron chi connectivity index (χ0n) is 7.55. The van der Waals surface area contributed by atoms with Gasteiger partial charge in [-0.2, -0.15) is 0 Å². The minimum atomic E-state index is 0.607. The molecule has 1 aliphatic heterocycles. The van der Waals surface area contributed by atoms with Crippen LogP contribution in [0.5, 0.6) is 0 Å². The molecule has 1 saturated carbocycles. The van der Waals surface area contributed by atoms with Crippen LogP contribution in [0.2, 0.25) is 0 Å². The lowest BCUT2D eigenvalue weighted by Crippen LogP contribution is -2.51. The molecule has 2 rings (SSSR count). The van der Waals surface area contributed by atoms with Gasteiger partial charge in [-0.15, -0.1) is 0 Å². The summed E-state index contributed by atoms with van der Waals surface area (Å²) in [6, 6.07) is 0.607. The highest BCUT2D eigenvalue weighted by Crippen LogP contribution is 2.32. The Kier molecular flexibility index (Phi) is 2.33. The van der Waals surface area contributed by atoms with Crippen molar-refractivity contribution in [3.63, 3.8) is 0 Å². The number of rotatable bonds is 1. The molecule has 1 aliphatic carbocycles. The van der Waals surface area contributed by atoms with Gasteiger partial charge in [0.2, 0.25) is 0 Å². The fourth-order valence-electron chi connectivity index (χ4n) is 1.72. The predicted octanol–water partition coefficient (Wildman–Crippen LogP) is 1.02. The van der Waals surface area contributed by atoms with Gasteiger partial charge in [0, 0.05) is 31.6 Å². The summed E-state index contributed by atoms with van der Waals surface area (Å²) < 4.78 is 0. The van der Waals surface area contributed by atoms with Crippen LogP contribution in [0.3, 0.4) is 0 Å². The number of hydrogen-bond donors (Lipinski definition) is 1. The maximum Gasteiger partial charge on any atom is 0.0811 e. The summed E-state index contributed by atoms with van der Waals surface area (Å²) in [5.74, 6) is 0.755. The van der Waals surface area contributed by atoms with Gasteiger partial charge in [-0.25, -0.2) is 0 Å². The quantitative estimate of drug-likeness (QED) is 0.613. The zero-order chi connectivity index (χ0) is 8.55. The highest BCUT2D eigenvalue weighted by molar-refractivity contribution is 7.80. The van der Waals surface area contributed by atoms with E-state index < -0.39 is 0 Å². The first kappa shape index (κ1) is 8.45. The van der Waals surface area contributed by atoms with Crippen molar-refractivity contribution in [2.45, 2.75) is 25.8 Å². The van der Waals surface area contributed by atoms with Crippen LogP contribution in [-0.2, 0) is 0 Å². The van der Waals surface area contributed by atoms with E-state index in [2.05, 4.69) is 17.1 Å². The molecule has 2 aliphatic rings. The largest absolute Gasteiger partial charge is 0.363 e. The monoisotopic (exact) mass is 184 g/mol. The number of thiocarbonyl (C=S) groups is 1. The Morgan fingerprint density at radius 2 is 2.25 bits per heavy atom. The van der Waals surface area contributed by atoms with Crippen LogP contribution < -0.4 is 5.32 Å². The molecule has 0 radical (unpaired) electrons. The Labute approximate surface area is 79.3 Å². The van der Waals surface area contributed by atoms with Crippen LogP contribution in [-0.4, -0.2) is 35.6 Å². The van der Waals surface area contributed by atoms with Crippen molar-refractivity contribution >= 4 is 17.2 Å². The minimum absolute atomic E-state index is 0.607. The Balaban J connectivity index is 1.89. The summed E-state index contributed by atoms with van der Waals surface area (Å²) in [5.41, 5.74) is 0. The average molecular weight is 184 g/mol. The summed E-state index contributed by atoms with van der Waals surface area (Å²) >= 11 is 5.41. The molecular weight excluding hydrogens is 168 g/mol. The summed E-state index contributed by atoms with van der Waals surface area (Å²) in [6.45, 7) is 5.53. The van der Waals surface area contributed by atoms with Crippen molar-refractivity contribution in [2.24, 2.45) is 5.92 Å². The first-order valence-corrected chi connectivity index (χ1v) is 5.20. The maximum absolute atomic E-state index is 5.41. The third-order valence-electron chi connectivity index (χ3n) is 2.61. The lowest BCUT2D eigenvalue weighted by atomic mass is 10.2. The van der Waals surface area contributed by atoms with Crippen molar-refractivity contribution < 1.29 is 0 Å². The van der Waals surface area contributed by atoms with Crippen molar-refractivity contribution in [1.82, 2.24) is 10.2 Å². The molecule has 12 heavy (non-hydrogen) atoms. The lowest BCUT2D eigenvalue weighted by Gasteiger charge is -2.33. The van der Waals surface area contributed by atoms with Crippen molar-refractivity contribution in [1.29, 1.82) is 0 Å². The average Bonchev–Trinajstić information content (AvgIpc) is 2.85. The molecule has 0 aromatic rings. The zero-order valence-corrected chi connectivity index (χ0v) is 8.36. The number of nitrogens with zero attached hydrogens (tertiary/aromatic N) is 1. The second-order valence-electron chi connectivity index (χ2n) is 3.91. The molecular formula is C9H16N2S. The molecule has 1 heterocycles. The molecule has 0 amide bonds. The standard InChI is InChI=1S/C9H16N2S/c1-7-6-11(5-4-10-7)9(12)8-2-3-8/h7-8,10H,2-6H2,1H3/t7-/m0/s1. The van der Waals surface area contributed by atoms with Gasteiger partial charge < -0.3 is 10.2 Å². The second-order valence-corrected chi connectivity index (χ2v) is 4.33. The van der Waals surface area contributed by atoms with Crippen molar-refractivity contribution in [2.75, 3.05) is 19.6 Å². The highest BCUT2D eigenvalue weighted by atomic mass is 32.1. The summed E-state index contributed by atoms with van der Waals surface area (Å²) in [5, 5.41) is 3.42. The highest BCUT2D eigenvalue weighted by Gasteiger charge is 2.31. The van der Waals surface area contributed by atoms with Gasteiger partial charge in [-0.05, 0) is 19.8 Å². The van der Waals surface area contributed by atoms with E-state index in [4.69, 9.17) is 12.2 Å². The molecule has 1 saturated heterocycles. The minimum Gasteiger partial charge on any atom is -0.363 e. The van der Waals surface area contributed by atoms with Gasteiger partial charge in [0.25, 0.3) is 0 Å². The third-order valence-corrected chi connectivity index (χ3v) is 3.20. The van der Waals surface area contributed by atoms with Gasteiger partial charge in [0.1, 0.15) is 0 Å². The first-order chi connectivity index (χ1) is 5.77. The molecule has 0 aromatic heterocycles. The summed E-state index contributed by atoms with van der Waals surface area (Å²) in [4.78, 5) is 3.61. The van der Waals surface area contributed by atoms with Crippen molar-refractivity contribution in [3.8, 4) is 0 Å². The van der Waals surface area contributed by atoms with Gasteiger partial charge in [0.05, 0.1) is 4.99 Å². The Morgan fingerprint density at radius 3 is 2.83 bits per heavy atom. The molecule has 68 valence electrons. The van der Waals surface area contributed by atoms with Gasteiger partial charge in [-0.3, -0.25) is 0 Å². The van der Waals surface area contributed by atoms with Crippen LogP contribution in [0, 0.1) is 5.92 Å². The van der Waals surface area contributed by atoms with E-state index in [1.807, 2.05) is 0 Å². The van der Waals surface area contributed by atoms with Gasteiger partial charge in [-0.1, -0.05) is 12.2 Å². The number of piperazine rings is 1. The van der Waals surface area contributed by atoms with E-state index in [9.17, 15) is 0 Å². The molecule has 2 fully saturated rings. The summed E-state index contributed by atoms with van der Waals surface area (Å²) in [6.07, 6.45) is 2.66. The Hall–Kier alpha value is -0.150. The van der Waals surface area contributed by atoms with Gasteiger partial charge >= 0.3 is 0 Å². The molecule has 0 unspecified atom stereocenters. The molecule has 2 nitrogen and oxygen atoms in total. The first-order valence-electron chi connectivity index (χ1n) is 4.79. The number of hydrogen-bond acceptors (Lipinski definition) is 2. The van der Waals surface area contributed by atoms with E-state index in [-0.39, 0.29) is 0 Å². The molecule has 0 bridgehead atoms. The van der Waals surface area contributed by atoms with Crippen LogP contribution >= 0.6 is 12.2 Å². The van der Waals surface area contributed by atoms with Crippen LogP contribution in [0.25, 0.3) is 0 Å². The predicted molar refractivity (Wildman–Crippen MR) is 54.4 cm³/mol. The Bertz CT molecular complexity index is 189. The molecule has 1 atom stereocenters. The Morgan fingerprint density at radius 1 is 1.50 bits per heavy atom. The van der Waals surface area contributed by atoms with E-state index in [0.29, 0.717) is 6.04 Å². The number of nitrogens with one attached hydrogen (secondary N) is 1. The topological polar surface area (TPSA) is 15.3 Å². The summed E-state index contributed by atoms with van der Waals surface area (Å²) in [7, 11) is 0. The maximum atomic E-state index is 5.41. The fourth-order valence-corrected chi connectivity index (χ4v) is 2.12. The van der Waals surface area contributed by atoms with E-state index in [1.165, 1.54) is 17.8 Å². The van der Waals surface area contributed by atoms with E-state index in [0.717, 1.165) is 25.6 Å². The fraction of sp³-hybridized carbons (Fsp3) is 0.889. The molecule has 0 aromatic carbocycles. The van der Waals surface area contributed by atoms with Crippen LogP contribution in [0.4, 0.5) is 0 Å². The normalized spacial score (nSPS) is 30.4. The smallest absolute Gasteiger partial charge is 0.0811 e. The lowest BCUT2D eigenvalue weighted by molar-refractivity contribution is 0.302.